The van der Waals surface area contributed by atoms with E-state index in [9.17, 15) is 4.79 Å². The minimum absolute atomic E-state index is 0.0399. The van der Waals surface area contributed by atoms with E-state index in [2.05, 4.69) is 15.5 Å². The van der Waals surface area contributed by atoms with Gasteiger partial charge in [0, 0.05) is 43.2 Å². The zero-order valence-electron chi connectivity index (χ0n) is 14.4. The largest absolute Gasteiger partial charge is 0.488 e. The minimum atomic E-state index is -0.0399. The summed E-state index contributed by atoms with van der Waals surface area (Å²) in [6.45, 7) is 6.58. The van der Waals surface area contributed by atoms with E-state index in [1.54, 1.807) is 17.4 Å². The Morgan fingerprint density at radius 3 is 2.92 bits per heavy atom. The number of nitrogens with one attached hydrogen (secondary N) is 2. The molecule has 1 aliphatic heterocycles. The molecule has 25 heavy (non-hydrogen) atoms. The van der Waals surface area contributed by atoms with E-state index in [1.807, 2.05) is 35.7 Å². The van der Waals surface area contributed by atoms with Crippen LogP contribution in [0.25, 0.3) is 0 Å². The number of nitrogens with zero attached hydrogens (tertiary/aromatic N) is 1. The topological polar surface area (TPSA) is 53.6 Å². The van der Waals surface area contributed by atoms with Gasteiger partial charge in [-0.2, -0.15) is 0 Å². The lowest BCUT2D eigenvalue weighted by molar-refractivity contribution is 0.0950. The lowest BCUT2D eigenvalue weighted by Gasteiger charge is -2.27. The molecule has 1 aliphatic rings. The SMILES string of the molecule is O=C(NCCCN1CCNCC1)c1cccc(OCc2cccs2)c1. The molecule has 134 valence electrons. The van der Waals surface area contributed by atoms with Gasteiger partial charge in [0.25, 0.3) is 5.91 Å². The Kier molecular flexibility index (Phi) is 6.85. The van der Waals surface area contributed by atoms with Crippen LogP contribution in [0.15, 0.2) is 41.8 Å². The monoisotopic (exact) mass is 359 g/mol. The van der Waals surface area contributed by atoms with Crippen LogP contribution in [0.4, 0.5) is 0 Å². The number of benzene rings is 1. The quantitative estimate of drug-likeness (QED) is 0.711. The van der Waals surface area contributed by atoms with Crippen molar-refractivity contribution in [3.05, 3.63) is 52.2 Å². The standard InChI is InChI=1S/C19H25N3O2S/c23-19(21-7-3-10-22-11-8-20-9-12-22)16-4-1-5-17(14-16)24-15-18-6-2-13-25-18/h1-2,4-6,13-14,20H,3,7-12,15H2,(H,21,23). The van der Waals surface area contributed by atoms with E-state index < -0.39 is 0 Å². The summed E-state index contributed by atoms with van der Waals surface area (Å²) < 4.78 is 5.76. The molecule has 2 aromatic rings. The number of amides is 1. The Balaban J connectivity index is 1.41. The smallest absolute Gasteiger partial charge is 0.251 e. The number of piperazine rings is 1. The first-order chi connectivity index (χ1) is 12.3. The van der Waals surface area contributed by atoms with E-state index in [1.165, 1.54) is 4.88 Å². The van der Waals surface area contributed by atoms with E-state index in [4.69, 9.17) is 4.74 Å². The molecule has 0 saturated carbocycles. The van der Waals surface area contributed by atoms with Gasteiger partial charge >= 0.3 is 0 Å². The summed E-state index contributed by atoms with van der Waals surface area (Å²) in [5.74, 6) is 0.684. The lowest BCUT2D eigenvalue weighted by atomic mass is 10.2. The van der Waals surface area contributed by atoms with E-state index >= 15 is 0 Å². The molecule has 5 nitrogen and oxygen atoms in total. The molecule has 0 radical (unpaired) electrons. The summed E-state index contributed by atoms with van der Waals surface area (Å²) in [6, 6.07) is 11.4. The second kappa shape index (κ2) is 9.56. The maximum atomic E-state index is 12.3. The van der Waals surface area contributed by atoms with Crippen LogP contribution in [-0.4, -0.2) is 50.1 Å². The van der Waals surface area contributed by atoms with Gasteiger partial charge in [0.05, 0.1) is 0 Å². The Morgan fingerprint density at radius 1 is 1.24 bits per heavy atom. The fourth-order valence-electron chi connectivity index (χ4n) is 2.82. The molecule has 0 unspecified atom stereocenters. The predicted octanol–water partition coefficient (Wildman–Crippen LogP) is 2.35. The highest BCUT2D eigenvalue weighted by atomic mass is 32.1. The number of ether oxygens (including phenoxy) is 1. The van der Waals surface area contributed by atoms with E-state index in [-0.39, 0.29) is 5.91 Å². The molecule has 0 bridgehead atoms. The van der Waals surface area contributed by atoms with Crippen molar-refractivity contribution in [1.82, 2.24) is 15.5 Å². The zero-order valence-corrected chi connectivity index (χ0v) is 15.2. The highest BCUT2D eigenvalue weighted by Crippen LogP contribution is 2.17. The van der Waals surface area contributed by atoms with Crippen LogP contribution in [0.2, 0.25) is 0 Å². The van der Waals surface area contributed by atoms with Crippen molar-refractivity contribution in [2.24, 2.45) is 0 Å². The van der Waals surface area contributed by atoms with Gasteiger partial charge in [-0.3, -0.25) is 4.79 Å². The first-order valence-electron chi connectivity index (χ1n) is 8.78. The summed E-state index contributed by atoms with van der Waals surface area (Å²) in [5.41, 5.74) is 0.644. The Hall–Kier alpha value is -1.89. The van der Waals surface area contributed by atoms with E-state index in [0.29, 0.717) is 18.7 Å². The Morgan fingerprint density at radius 2 is 2.12 bits per heavy atom. The lowest BCUT2D eigenvalue weighted by Crippen LogP contribution is -2.44. The third-order valence-electron chi connectivity index (χ3n) is 4.20. The molecule has 6 heteroatoms. The zero-order chi connectivity index (χ0) is 17.3. The highest BCUT2D eigenvalue weighted by molar-refractivity contribution is 7.09. The summed E-state index contributed by atoms with van der Waals surface area (Å²) in [5, 5.41) is 8.38. The number of carbonyl (C=O) groups is 1. The molecular formula is C19H25N3O2S. The number of carbonyl (C=O) groups excluding carboxylic acids is 1. The van der Waals surface area contributed by atoms with Crippen molar-refractivity contribution >= 4 is 17.2 Å². The van der Waals surface area contributed by atoms with Crippen LogP contribution >= 0.6 is 11.3 Å². The van der Waals surface area contributed by atoms with Gasteiger partial charge in [-0.25, -0.2) is 0 Å². The molecule has 1 fully saturated rings. The van der Waals surface area contributed by atoms with Gasteiger partial charge in [0.1, 0.15) is 12.4 Å². The van der Waals surface area contributed by atoms with Crippen LogP contribution in [0.1, 0.15) is 21.7 Å². The second-order valence-electron chi connectivity index (χ2n) is 6.10. The van der Waals surface area contributed by atoms with Crippen LogP contribution in [-0.2, 0) is 6.61 Å². The molecular weight excluding hydrogens is 334 g/mol. The Bertz CT molecular complexity index is 654. The third-order valence-corrected chi connectivity index (χ3v) is 5.05. The molecule has 3 rings (SSSR count). The van der Waals surface area contributed by atoms with Crippen LogP contribution < -0.4 is 15.4 Å². The number of rotatable bonds is 8. The summed E-state index contributed by atoms with van der Waals surface area (Å²) in [7, 11) is 0. The number of thiophene rings is 1. The van der Waals surface area contributed by atoms with E-state index in [0.717, 1.165) is 44.9 Å². The van der Waals surface area contributed by atoms with Crippen molar-refractivity contribution in [1.29, 1.82) is 0 Å². The fourth-order valence-corrected chi connectivity index (χ4v) is 3.43. The minimum Gasteiger partial charge on any atom is -0.488 e. The highest BCUT2D eigenvalue weighted by Gasteiger charge is 2.10. The van der Waals surface area contributed by atoms with Crippen molar-refractivity contribution < 1.29 is 9.53 Å². The molecule has 1 saturated heterocycles. The molecule has 0 spiro atoms. The normalized spacial score (nSPS) is 15.0. The van der Waals surface area contributed by atoms with Gasteiger partial charge in [0.2, 0.25) is 0 Å². The summed E-state index contributed by atoms with van der Waals surface area (Å²) >= 11 is 1.67. The summed E-state index contributed by atoms with van der Waals surface area (Å²) in [4.78, 5) is 15.9. The van der Waals surface area contributed by atoms with Crippen molar-refractivity contribution in [2.45, 2.75) is 13.0 Å². The average Bonchev–Trinajstić information content (AvgIpc) is 3.18. The van der Waals surface area contributed by atoms with Gasteiger partial charge in [-0.1, -0.05) is 12.1 Å². The fraction of sp³-hybridized carbons (Fsp3) is 0.421. The molecule has 2 N–H and O–H groups in total. The Labute approximate surface area is 153 Å². The van der Waals surface area contributed by atoms with Gasteiger partial charge in [0.15, 0.2) is 0 Å². The second-order valence-corrected chi connectivity index (χ2v) is 7.13. The van der Waals surface area contributed by atoms with Crippen molar-refractivity contribution in [2.75, 3.05) is 39.3 Å². The molecule has 0 atom stereocenters. The molecule has 1 aromatic carbocycles. The molecule has 2 heterocycles. The maximum Gasteiger partial charge on any atom is 0.251 e. The maximum absolute atomic E-state index is 12.3. The van der Waals surface area contributed by atoms with Gasteiger partial charge < -0.3 is 20.3 Å². The van der Waals surface area contributed by atoms with Crippen molar-refractivity contribution in [3.63, 3.8) is 0 Å². The summed E-state index contributed by atoms with van der Waals surface area (Å²) in [6.07, 6.45) is 0.973. The third kappa shape index (κ3) is 5.85. The van der Waals surface area contributed by atoms with Gasteiger partial charge in [-0.05, 0) is 42.6 Å². The first kappa shape index (κ1) is 17.9. The molecule has 1 aromatic heterocycles. The van der Waals surface area contributed by atoms with Crippen LogP contribution in [0.3, 0.4) is 0 Å². The van der Waals surface area contributed by atoms with Crippen LogP contribution in [0.5, 0.6) is 5.75 Å². The van der Waals surface area contributed by atoms with Crippen LogP contribution in [0, 0.1) is 0 Å². The number of hydrogen-bond donors (Lipinski definition) is 2. The average molecular weight is 359 g/mol. The van der Waals surface area contributed by atoms with Crippen molar-refractivity contribution in [3.8, 4) is 5.75 Å². The predicted molar refractivity (Wildman–Crippen MR) is 101 cm³/mol. The van der Waals surface area contributed by atoms with Gasteiger partial charge in [-0.15, -0.1) is 11.3 Å². The molecule has 1 amide bonds. The number of hydrogen-bond acceptors (Lipinski definition) is 5. The molecule has 0 aliphatic carbocycles. The first-order valence-corrected chi connectivity index (χ1v) is 9.66.